The molecule has 0 amide bonds. The second-order valence-corrected chi connectivity index (χ2v) is 7.47. The van der Waals surface area contributed by atoms with E-state index in [1.807, 2.05) is 16.9 Å². The number of hydrogen-bond donors (Lipinski definition) is 0. The van der Waals surface area contributed by atoms with E-state index in [0.717, 1.165) is 54.2 Å². The molecule has 134 valence electrons. The molecule has 5 heteroatoms. The van der Waals surface area contributed by atoms with Crippen molar-refractivity contribution in [2.75, 3.05) is 19.7 Å². The molecule has 5 rings (SSSR count). The van der Waals surface area contributed by atoms with Crippen LogP contribution >= 0.6 is 0 Å². The molecule has 1 saturated heterocycles. The fourth-order valence-electron chi connectivity index (χ4n) is 4.25. The molecule has 0 N–H and O–H groups in total. The first kappa shape index (κ1) is 15.8. The van der Waals surface area contributed by atoms with Crippen molar-refractivity contribution in [3.63, 3.8) is 0 Å². The standard InChI is InChI=1S/C21H24N4O/c1-15-6-7-18-12-19(15)20-13-22-25-11-8-16(23-21(20)25)4-2-9-24-10-3-5-17(24)14-26-18/h6-8,11-13,17H,2-5,9-10,14H2,1H3/t17-/m0/s1. The molecule has 0 spiro atoms. The van der Waals surface area contributed by atoms with Crippen molar-refractivity contribution in [3.8, 4) is 16.9 Å². The number of fused-ring (bicyclic) bond motifs is 5. The van der Waals surface area contributed by atoms with Gasteiger partial charge in [0.05, 0.1) is 6.20 Å². The summed E-state index contributed by atoms with van der Waals surface area (Å²) in [6.07, 6.45) is 8.59. The van der Waals surface area contributed by atoms with Gasteiger partial charge in [-0.2, -0.15) is 5.10 Å². The van der Waals surface area contributed by atoms with Crippen LogP contribution < -0.4 is 4.74 Å². The summed E-state index contributed by atoms with van der Waals surface area (Å²) in [6.45, 7) is 5.21. The lowest BCUT2D eigenvalue weighted by Crippen LogP contribution is -2.35. The largest absolute Gasteiger partial charge is 0.492 e. The average Bonchev–Trinajstić information content (AvgIpc) is 3.27. The lowest BCUT2D eigenvalue weighted by Gasteiger charge is -2.24. The van der Waals surface area contributed by atoms with Crippen molar-refractivity contribution < 1.29 is 4.74 Å². The maximum absolute atomic E-state index is 6.20. The molecule has 1 atom stereocenters. The van der Waals surface area contributed by atoms with E-state index in [0.29, 0.717) is 6.04 Å². The van der Waals surface area contributed by atoms with Gasteiger partial charge in [0.2, 0.25) is 0 Å². The highest BCUT2D eigenvalue weighted by atomic mass is 16.5. The SMILES string of the molecule is Cc1ccc2cc1-c1cnn3ccc(nc13)CCCN1CCC[C@H]1CO2. The highest BCUT2D eigenvalue weighted by Crippen LogP contribution is 2.31. The van der Waals surface area contributed by atoms with E-state index in [1.165, 1.54) is 24.9 Å². The van der Waals surface area contributed by atoms with Crippen molar-refractivity contribution in [1.29, 1.82) is 0 Å². The van der Waals surface area contributed by atoms with Gasteiger partial charge in [0, 0.05) is 23.5 Å². The molecule has 2 aliphatic rings. The number of aromatic nitrogens is 3. The highest BCUT2D eigenvalue weighted by Gasteiger charge is 2.25. The van der Waals surface area contributed by atoms with Gasteiger partial charge in [0.1, 0.15) is 12.4 Å². The molecule has 2 aromatic heterocycles. The predicted molar refractivity (Wildman–Crippen MR) is 102 cm³/mol. The number of nitrogens with zero attached hydrogens (tertiary/aromatic N) is 4. The Morgan fingerprint density at radius 1 is 1.12 bits per heavy atom. The van der Waals surface area contributed by atoms with E-state index in [1.54, 1.807) is 0 Å². The summed E-state index contributed by atoms with van der Waals surface area (Å²) in [5.74, 6) is 0.935. The van der Waals surface area contributed by atoms with Gasteiger partial charge in [-0.05, 0) is 75.0 Å². The molecule has 4 heterocycles. The molecule has 5 nitrogen and oxygen atoms in total. The third-order valence-electron chi connectivity index (χ3n) is 5.75. The molecule has 0 unspecified atom stereocenters. The van der Waals surface area contributed by atoms with Gasteiger partial charge in [-0.1, -0.05) is 6.07 Å². The van der Waals surface area contributed by atoms with Crippen LogP contribution in [0.5, 0.6) is 5.75 Å². The molecule has 26 heavy (non-hydrogen) atoms. The van der Waals surface area contributed by atoms with Gasteiger partial charge in [-0.15, -0.1) is 0 Å². The maximum atomic E-state index is 6.20. The predicted octanol–water partition coefficient (Wildman–Crippen LogP) is 3.49. The minimum absolute atomic E-state index is 0.532. The second kappa shape index (κ2) is 6.40. The lowest BCUT2D eigenvalue weighted by molar-refractivity contribution is 0.171. The Labute approximate surface area is 153 Å². The number of rotatable bonds is 0. The monoisotopic (exact) mass is 348 g/mol. The first-order chi connectivity index (χ1) is 12.8. The molecule has 2 aliphatic heterocycles. The molecular weight excluding hydrogens is 324 g/mol. The molecular formula is C21H24N4O. The summed E-state index contributed by atoms with van der Waals surface area (Å²) in [6, 6.07) is 8.99. The topological polar surface area (TPSA) is 42.7 Å². The normalized spacial score (nSPS) is 20.7. The Kier molecular flexibility index (Phi) is 3.89. The van der Waals surface area contributed by atoms with Crippen molar-refractivity contribution in [2.45, 2.75) is 38.6 Å². The third-order valence-corrected chi connectivity index (χ3v) is 5.75. The van der Waals surface area contributed by atoms with E-state index in [4.69, 9.17) is 9.72 Å². The maximum Gasteiger partial charge on any atom is 0.163 e. The van der Waals surface area contributed by atoms with E-state index >= 15 is 0 Å². The molecule has 3 aromatic rings. The van der Waals surface area contributed by atoms with Crippen LogP contribution in [0.15, 0.2) is 36.7 Å². The molecule has 1 aromatic carbocycles. The van der Waals surface area contributed by atoms with Crippen LogP contribution in [0.25, 0.3) is 16.8 Å². The van der Waals surface area contributed by atoms with Crippen LogP contribution in [0.1, 0.15) is 30.5 Å². The first-order valence-electron chi connectivity index (χ1n) is 9.59. The van der Waals surface area contributed by atoms with Gasteiger partial charge >= 0.3 is 0 Å². The zero-order valence-electron chi connectivity index (χ0n) is 15.2. The Balaban J connectivity index is 1.62. The number of benzene rings is 1. The Hall–Kier alpha value is -2.40. The zero-order chi connectivity index (χ0) is 17.5. The van der Waals surface area contributed by atoms with Crippen LogP contribution in [-0.4, -0.2) is 45.2 Å². The van der Waals surface area contributed by atoms with Crippen molar-refractivity contribution in [2.24, 2.45) is 0 Å². The van der Waals surface area contributed by atoms with E-state index in [9.17, 15) is 0 Å². The lowest BCUT2D eigenvalue weighted by atomic mass is 10.0. The van der Waals surface area contributed by atoms with Gasteiger partial charge in [-0.3, -0.25) is 4.90 Å². The Morgan fingerprint density at radius 3 is 3.00 bits per heavy atom. The van der Waals surface area contributed by atoms with Gasteiger partial charge < -0.3 is 4.74 Å². The minimum atomic E-state index is 0.532. The molecule has 4 bridgehead atoms. The van der Waals surface area contributed by atoms with E-state index in [-0.39, 0.29) is 0 Å². The first-order valence-corrected chi connectivity index (χ1v) is 9.59. The number of ether oxygens (including phenoxy) is 1. The van der Waals surface area contributed by atoms with Crippen LogP contribution in [0.3, 0.4) is 0 Å². The minimum Gasteiger partial charge on any atom is -0.492 e. The van der Waals surface area contributed by atoms with E-state index < -0.39 is 0 Å². The summed E-state index contributed by atoms with van der Waals surface area (Å²) >= 11 is 0. The highest BCUT2D eigenvalue weighted by molar-refractivity contribution is 5.80. The Morgan fingerprint density at radius 2 is 2.04 bits per heavy atom. The van der Waals surface area contributed by atoms with E-state index in [2.05, 4.69) is 41.2 Å². The summed E-state index contributed by atoms with van der Waals surface area (Å²) in [5, 5.41) is 4.50. The number of aryl methyl sites for hydroxylation is 2. The van der Waals surface area contributed by atoms with Crippen LogP contribution in [0.4, 0.5) is 0 Å². The molecule has 1 fully saturated rings. The van der Waals surface area contributed by atoms with Gasteiger partial charge in [0.15, 0.2) is 5.65 Å². The zero-order valence-corrected chi connectivity index (χ0v) is 15.2. The molecule has 0 radical (unpaired) electrons. The fourth-order valence-corrected chi connectivity index (χ4v) is 4.25. The van der Waals surface area contributed by atoms with Crippen molar-refractivity contribution in [3.05, 3.63) is 47.9 Å². The van der Waals surface area contributed by atoms with Crippen molar-refractivity contribution >= 4 is 5.65 Å². The summed E-state index contributed by atoms with van der Waals surface area (Å²) in [5.41, 5.74) is 5.53. The quantitative estimate of drug-likeness (QED) is 0.624. The number of hydrogen-bond acceptors (Lipinski definition) is 4. The van der Waals surface area contributed by atoms with Crippen LogP contribution in [0.2, 0.25) is 0 Å². The summed E-state index contributed by atoms with van der Waals surface area (Å²) in [4.78, 5) is 7.51. The fraction of sp³-hybridized carbons (Fsp3) is 0.429. The van der Waals surface area contributed by atoms with Crippen LogP contribution in [0, 0.1) is 6.92 Å². The van der Waals surface area contributed by atoms with Crippen molar-refractivity contribution in [1.82, 2.24) is 19.5 Å². The van der Waals surface area contributed by atoms with Crippen LogP contribution in [-0.2, 0) is 6.42 Å². The second-order valence-electron chi connectivity index (χ2n) is 7.47. The smallest absolute Gasteiger partial charge is 0.163 e. The molecule has 0 saturated carbocycles. The third kappa shape index (κ3) is 2.76. The molecule has 0 aliphatic carbocycles. The average molecular weight is 348 g/mol. The van der Waals surface area contributed by atoms with Gasteiger partial charge in [-0.25, -0.2) is 9.50 Å². The summed E-state index contributed by atoms with van der Waals surface area (Å²) < 4.78 is 8.07. The van der Waals surface area contributed by atoms with Gasteiger partial charge in [0.25, 0.3) is 0 Å². The summed E-state index contributed by atoms with van der Waals surface area (Å²) in [7, 11) is 0. The Bertz CT molecular complexity index is 948.